The molecule has 0 aliphatic rings. The lowest BCUT2D eigenvalue weighted by Crippen LogP contribution is -2.84. The monoisotopic (exact) mass is 278 g/mol. The number of hydrogen-bond acceptors (Lipinski definition) is 1. The van der Waals surface area contributed by atoms with Crippen LogP contribution < -0.4 is 10.1 Å². The second kappa shape index (κ2) is 10.7. The lowest BCUT2D eigenvalue weighted by molar-refractivity contribution is -0.655. The van der Waals surface area contributed by atoms with Crippen LogP contribution in [0, 0.1) is 13.8 Å². The fraction of sp³-hybridized carbons (Fsp3) is 0.667. The number of unbranched alkanes of at least 4 members (excludes halogenated alkanes) is 4. The highest BCUT2D eigenvalue weighted by atomic mass is 16.5. The Balaban J connectivity index is 1.97. The van der Waals surface area contributed by atoms with Crippen LogP contribution in [0.4, 0.5) is 0 Å². The smallest absolute Gasteiger partial charge is 0.119 e. The van der Waals surface area contributed by atoms with Gasteiger partial charge < -0.3 is 10.1 Å². The molecule has 0 spiro atoms. The zero-order chi connectivity index (χ0) is 14.6. The van der Waals surface area contributed by atoms with E-state index in [1.807, 2.05) is 0 Å². The summed E-state index contributed by atoms with van der Waals surface area (Å²) in [4.78, 5) is 0. The SMILES string of the molecule is CCCC[NH2+]CCCCCCOc1cc(C)cc(C)c1. The molecule has 0 saturated carbocycles. The van der Waals surface area contributed by atoms with Crippen molar-refractivity contribution in [1.29, 1.82) is 0 Å². The highest BCUT2D eigenvalue weighted by Crippen LogP contribution is 2.16. The van der Waals surface area contributed by atoms with Crippen molar-refractivity contribution in [3.05, 3.63) is 29.3 Å². The Morgan fingerprint density at radius 3 is 2.20 bits per heavy atom. The molecule has 1 rings (SSSR count). The largest absolute Gasteiger partial charge is 0.494 e. The Morgan fingerprint density at radius 1 is 0.850 bits per heavy atom. The van der Waals surface area contributed by atoms with Gasteiger partial charge in [0.25, 0.3) is 0 Å². The van der Waals surface area contributed by atoms with Gasteiger partial charge in [0.05, 0.1) is 19.7 Å². The maximum Gasteiger partial charge on any atom is 0.119 e. The van der Waals surface area contributed by atoms with Crippen molar-refractivity contribution in [2.24, 2.45) is 0 Å². The third kappa shape index (κ3) is 8.21. The Labute approximate surface area is 124 Å². The molecule has 1 aromatic rings. The minimum Gasteiger partial charge on any atom is -0.494 e. The molecule has 0 fully saturated rings. The summed E-state index contributed by atoms with van der Waals surface area (Å²) in [6, 6.07) is 6.42. The second-order valence-corrected chi connectivity index (χ2v) is 5.81. The Bertz CT molecular complexity index is 342. The molecule has 0 aliphatic heterocycles. The molecule has 0 bridgehead atoms. The van der Waals surface area contributed by atoms with Crippen molar-refractivity contribution in [3.63, 3.8) is 0 Å². The van der Waals surface area contributed by atoms with Crippen molar-refractivity contribution in [2.75, 3.05) is 19.7 Å². The van der Waals surface area contributed by atoms with E-state index in [4.69, 9.17) is 4.74 Å². The first-order valence-electron chi connectivity index (χ1n) is 8.25. The molecule has 0 aliphatic carbocycles. The number of benzene rings is 1. The molecule has 0 radical (unpaired) electrons. The van der Waals surface area contributed by atoms with E-state index >= 15 is 0 Å². The molecule has 0 amide bonds. The topological polar surface area (TPSA) is 25.8 Å². The highest BCUT2D eigenvalue weighted by molar-refractivity contribution is 5.32. The summed E-state index contributed by atoms with van der Waals surface area (Å²) in [5.74, 6) is 1.02. The first-order chi connectivity index (χ1) is 9.72. The summed E-state index contributed by atoms with van der Waals surface area (Å²) >= 11 is 0. The van der Waals surface area contributed by atoms with Crippen molar-refractivity contribution in [1.82, 2.24) is 0 Å². The summed E-state index contributed by atoms with van der Waals surface area (Å²) < 4.78 is 5.82. The van der Waals surface area contributed by atoms with Crippen LogP contribution in [0.1, 0.15) is 56.6 Å². The molecule has 0 heterocycles. The summed E-state index contributed by atoms with van der Waals surface area (Å²) in [5.41, 5.74) is 2.56. The van der Waals surface area contributed by atoms with Gasteiger partial charge in [0.15, 0.2) is 0 Å². The quantitative estimate of drug-likeness (QED) is 0.615. The van der Waals surface area contributed by atoms with E-state index in [2.05, 4.69) is 44.3 Å². The van der Waals surface area contributed by atoms with E-state index in [0.717, 1.165) is 12.4 Å². The molecule has 2 nitrogen and oxygen atoms in total. The lowest BCUT2D eigenvalue weighted by Gasteiger charge is -2.08. The van der Waals surface area contributed by atoms with Gasteiger partial charge >= 0.3 is 0 Å². The van der Waals surface area contributed by atoms with Crippen LogP contribution in [0.15, 0.2) is 18.2 Å². The Kier molecular flexibility index (Phi) is 9.14. The van der Waals surface area contributed by atoms with Gasteiger partial charge in [0, 0.05) is 0 Å². The van der Waals surface area contributed by atoms with Gasteiger partial charge in [-0.15, -0.1) is 0 Å². The predicted octanol–water partition coefficient (Wildman–Crippen LogP) is 3.61. The van der Waals surface area contributed by atoms with Crippen molar-refractivity contribution < 1.29 is 10.1 Å². The van der Waals surface area contributed by atoms with E-state index in [0.29, 0.717) is 0 Å². The van der Waals surface area contributed by atoms with Crippen LogP contribution >= 0.6 is 0 Å². The average Bonchev–Trinajstić information content (AvgIpc) is 2.40. The second-order valence-electron chi connectivity index (χ2n) is 5.81. The normalized spacial score (nSPS) is 10.8. The fourth-order valence-corrected chi connectivity index (χ4v) is 2.44. The number of ether oxygens (including phenoxy) is 1. The Hall–Kier alpha value is -1.02. The molecule has 20 heavy (non-hydrogen) atoms. The minimum absolute atomic E-state index is 0.850. The molecule has 0 aromatic heterocycles. The molecular weight excluding hydrogens is 246 g/mol. The first-order valence-corrected chi connectivity index (χ1v) is 8.25. The van der Waals surface area contributed by atoms with E-state index in [-0.39, 0.29) is 0 Å². The van der Waals surface area contributed by atoms with Crippen molar-refractivity contribution >= 4 is 0 Å². The number of aryl methyl sites for hydroxylation is 2. The summed E-state index contributed by atoms with van der Waals surface area (Å²) in [6.45, 7) is 9.93. The molecule has 2 heteroatoms. The number of nitrogens with two attached hydrogens (primary N) is 1. The molecule has 0 atom stereocenters. The van der Waals surface area contributed by atoms with Gasteiger partial charge in [0.1, 0.15) is 5.75 Å². The summed E-state index contributed by atoms with van der Waals surface area (Å²) in [5, 5.41) is 2.45. The molecule has 114 valence electrons. The van der Waals surface area contributed by atoms with E-state index < -0.39 is 0 Å². The first kappa shape index (κ1) is 17.0. The standard InChI is InChI=1S/C18H31NO/c1-4-5-10-19-11-8-6-7-9-12-20-18-14-16(2)13-17(3)15-18/h13-15,19H,4-12H2,1-3H3/p+1. The minimum atomic E-state index is 0.850. The highest BCUT2D eigenvalue weighted by Gasteiger charge is 1.97. The molecular formula is C18H32NO+. The van der Waals surface area contributed by atoms with Crippen LogP contribution in [0.2, 0.25) is 0 Å². The zero-order valence-electron chi connectivity index (χ0n) is 13.6. The summed E-state index contributed by atoms with van der Waals surface area (Å²) in [7, 11) is 0. The van der Waals surface area contributed by atoms with E-state index in [9.17, 15) is 0 Å². The van der Waals surface area contributed by atoms with Crippen molar-refractivity contribution in [3.8, 4) is 5.75 Å². The summed E-state index contributed by atoms with van der Waals surface area (Å²) in [6.07, 6.45) is 7.79. The van der Waals surface area contributed by atoms with E-state index in [1.54, 1.807) is 0 Å². The maximum atomic E-state index is 5.82. The van der Waals surface area contributed by atoms with Crippen LogP contribution in [0.5, 0.6) is 5.75 Å². The van der Waals surface area contributed by atoms with Crippen LogP contribution in [0.3, 0.4) is 0 Å². The number of rotatable bonds is 11. The van der Waals surface area contributed by atoms with Gasteiger partial charge in [-0.1, -0.05) is 19.4 Å². The predicted molar refractivity (Wildman–Crippen MR) is 86.4 cm³/mol. The molecule has 0 saturated heterocycles. The van der Waals surface area contributed by atoms with Crippen molar-refractivity contribution in [2.45, 2.75) is 59.3 Å². The number of quaternary nitrogens is 1. The van der Waals surface area contributed by atoms with Crippen LogP contribution in [-0.4, -0.2) is 19.7 Å². The Morgan fingerprint density at radius 2 is 1.50 bits per heavy atom. The third-order valence-corrected chi connectivity index (χ3v) is 3.53. The van der Waals surface area contributed by atoms with Gasteiger partial charge in [-0.2, -0.15) is 0 Å². The van der Waals surface area contributed by atoms with Gasteiger partial charge in [-0.05, 0) is 69.2 Å². The van der Waals surface area contributed by atoms with Gasteiger partial charge in [-0.25, -0.2) is 0 Å². The average molecular weight is 278 g/mol. The maximum absolute atomic E-state index is 5.82. The van der Waals surface area contributed by atoms with E-state index in [1.165, 1.54) is 62.7 Å². The fourth-order valence-electron chi connectivity index (χ4n) is 2.44. The number of hydrogen-bond donors (Lipinski definition) is 1. The lowest BCUT2D eigenvalue weighted by atomic mass is 10.1. The third-order valence-electron chi connectivity index (χ3n) is 3.53. The molecule has 2 N–H and O–H groups in total. The van der Waals surface area contributed by atoms with Gasteiger partial charge in [-0.3, -0.25) is 0 Å². The van der Waals surface area contributed by atoms with Gasteiger partial charge in [0.2, 0.25) is 0 Å². The van der Waals surface area contributed by atoms with Crippen LogP contribution in [-0.2, 0) is 0 Å². The zero-order valence-corrected chi connectivity index (χ0v) is 13.6. The molecule has 0 unspecified atom stereocenters. The molecule has 1 aromatic carbocycles. The van der Waals surface area contributed by atoms with Crippen LogP contribution in [0.25, 0.3) is 0 Å².